The first kappa shape index (κ1) is 30.0. The molecule has 41 heavy (non-hydrogen) atoms. The number of nitrogens with one attached hydrogen (secondary N) is 1. The number of benzene rings is 2. The topological polar surface area (TPSA) is 153 Å². The van der Waals surface area contributed by atoms with E-state index in [-0.39, 0.29) is 12.0 Å². The average Bonchev–Trinajstić information content (AvgIpc) is 3.46. The van der Waals surface area contributed by atoms with Gasteiger partial charge in [0.2, 0.25) is 18.0 Å². The Morgan fingerprint density at radius 1 is 1.05 bits per heavy atom. The molecule has 2 aromatic heterocycles. The number of aromatic amines is 1. The maximum absolute atomic E-state index is 11.5. The zero-order valence-electron chi connectivity index (χ0n) is 22.3. The summed E-state index contributed by atoms with van der Waals surface area (Å²) in [6, 6.07) is 18.1. The van der Waals surface area contributed by atoms with E-state index in [1.54, 1.807) is 6.07 Å². The molecule has 2 aromatic carbocycles. The number of anilines is 1. The third kappa shape index (κ3) is 8.27. The van der Waals surface area contributed by atoms with Crippen molar-refractivity contribution in [2.45, 2.75) is 25.2 Å². The molecule has 0 bridgehead atoms. The smallest absolute Gasteiger partial charge is 0.339 e. The van der Waals surface area contributed by atoms with Gasteiger partial charge in [-0.05, 0) is 66.6 Å². The van der Waals surface area contributed by atoms with Gasteiger partial charge in [0.1, 0.15) is 5.75 Å². The van der Waals surface area contributed by atoms with Crippen molar-refractivity contribution in [3.63, 3.8) is 0 Å². The Hall–Kier alpha value is -3.97. The number of carboxylic acids is 1. The van der Waals surface area contributed by atoms with Crippen LogP contribution in [-0.2, 0) is 14.3 Å². The molecule has 0 saturated carbocycles. The molecule has 11 nitrogen and oxygen atoms in total. The van der Waals surface area contributed by atoms with Crippen LogP contribution in [0.25, 0.3) is 21.0 Å². The quantitative estimate of drug-likeness (QED) is 0.118. The van der Waals surface area contributed by atoms with Crippen LogP contribution >= 0.6 is 11.3 Å². The largest absolute Gasteiger partial charge is 0.494 e. The molecule has 4 N–H and O–H groups in total. The molecule has 4 aromatic rings. The number of ether oxygens (including phenoxy) is 2. The van der Waals surface area contributed by atoms with Crippen LogP contribution in [-0.4, -0.2) is 89.4 Å². The molecule has 0 spiro atoms. The number of nitrogens with zero attached hydrogens (tertiary/aromatic N) is 2. The molecule has 1 fully saturated rings. The highest BCUT2D eigenvalue weighted by Gasteiger charge is 2.24. The Balaban J connectivity index is 0.000000334. The Bertz CT molecular complexity index is 1500. The van der Waals surface area contributed by atoms with Gasteiger partial charge in [0, 0.05) is 54.1 Å². The maximum Gasteiger partial charge on any atom is 0.339 e. The number of H-pyrrole nitrogens is 1. The predicted molar refractivity (Wildman–Crippen MR) is 157 cm³/mol. The summed E-state index contributed by atoms with van der Waals surface area (Å²) in [6.07, 6.45) is -1.94. The monoisotopic (exact) mass is 583 g/mol. The van der Waals surface area contributed by atoms with E-state index in [9.17, 15) is 14.4 Å². The SMILES string of the molecule is O=CO[C@H](O)[C@@H](O)C(=O)O.O=c1ccc2ccc(OCCCCN3CCN(c4cccc5sccc45)CC3)cc2[nH]1. The molecule has 3 heterocycles. The van der Waals surface area contributed by atoms with Gasteiger partial charge >= 0.3 is 5.97 Å². The Labute approximate surface area is 240 Å². The summed E-state index contributed by atoms with van der Waals surface area (Å²) in [5.41, 5.74) is 2.11. The average molecular weight is 584 g/mol. The number of carbonyl (C=O) groups excluding carboxylic acids is 1. The third-order valence-corrected chi connectivity index (χ3v) is 7.62. The van der Waals surface area contributed by atoms with E-state index < -0.39 is 18.4 Å². The minimum atomic E-state index is -2.09. The van der Waals surface area contributed by atoms with Crippen LogP contribution in [0.5, 0.6) is 5.75 Å². The molecule has 1 aliphatic rings. The summed E-state index contributed by atoms with van der Waals surface area (Å²) < 4.78 is 11.0. The fourth-order valence-corrected chi connectivity index (χ4v) is 5.37. The van der Waals surface area contributed by atoms with Gasteiger partial charge in [-0.25, -0.2) is 4.79 Å². The number of pyridine rings is 1. The Kier molecular flexibility index (Phi) is 10.7. The van der Waals surface area contributed by atoms with Gasteiger partial charge in [-0.2, -0.15) is 0 Å². The van der Waals surface area contributed by atoms with Gasteiger partial charge in [0.05, 0.1) is 12.1 Å². The van der Waals surface area contributed by atoms with Crippen molar-refractivity contribution in [3.8, 4) is 5.75 Å². The zero-order chi connectivity index (χ0) is 29.2. The normalized spacial score (nSPS) is 15.1. The van der Waals surface area contributed by atoms with Crippen molar-refractivity contribution < 1.29 is 34.4 Å². The lowest BCUT2D eigenvalue weighted by atomic mass is 10.2. The number of carbonyl (C=O) groups is 2. The maximum atomic E-state index is 11.5. The minimum Gasteiger partial charge on any atom is -0.494 e. The number of aliphatic hydroxyl groups excluding tert-OH is 2. The van der Waals surface area contributed by atoms with Crippen molar-refractivity contribution in [2.75, 3.05) is 44.2 Å². The number of aliphatic carboxylic acids is 1. The van der Waals surface area contributed by atoms with Crippen LogP contribution in [0.15, 0.2) is 64.8 Å². The van der Waals surface area contributed by atoms with Gasteiger partial charge in [0.25, 0.3) is 6.47 Å². The number of aromatic nitrogens is 1. The van der Waals surface area contributed by atoms with E-state index in [1.807, 2.05) is 35.6 Å². The lowest BCUT2D eigenvalue weighted by Gasteiger charge is -2.36. The predicted octanol–water partition coefficient (Wildman–Crippen LogP) is 2.65. The number of piperazine rings is 1. The van der Waals surface area contributed by atoms with E-state index in [1.165, 1.54) is 15.8 Å². The first-order valence-corrected chi connectivity index (χ1v) is 14.1. The third-order valence-electron chi connectivity index (χ3n) is 6.74. The first-order valence-electron chi connectivity index (χ1n) is 13.2. The second-order valence-electron chi connectivity index (χ2n) is 9.47. The number of fused-ring (bicyclic) bond motifs is 2. The van der Waals surface area contributed by atoms with Crippen LogP contribution < -0.4 is 15.2 Å². The number of hydrogen-bond donors (Lipinski definition) is 4. The van der Waals surface area contributed by atoms with Crippen LogP contribution in [0.2, 0.25) is 0 Å². The molecule has 0 aliphatic carbocycles. The van der Waals surface area contributed by atoms with Gasteiger partial charge in [-0.3, -0.25) is 14.5 Å². The van der Waals surface area contributed by atoms with Crippen LogP contribution in [0.1, 0.15) is 12.8 Å². The summed E-state index contributed by atoms with van der Waals surface area (Å²) in [5.74, 6) is -0.847. The summed E-state index contributed by atoms with van der Waals surface area (Å²) in [6.45, 7) is 6.05. The fourth-order valence-electron chi connectivity index (χ4n) is 4.57. The van der Waals surface area contributed by atoms with Crippen LogP contribution in [0.4, 0.5) is 5.69 Å². The van der Waals surface area contributed by atoms with Gasteiger partial charge in [-0.1, -0.05) is 6.07 Å². The van der Waals surface area contributed by atoms with E-state index in [4.69, 9.17) is 20.1 Å². The van der Waals surface area contributed by atoms with Gasteiger partial charge in [-0.15, -0.1) is 11.3 Å². The van der Waals surface area contributed by atoms with E-state index in [2.05, 4.69) is 49.2 Å². The summed E-state index contributed by atoms with van der Waals surface area (Å²) in [4.78, 5) is 38.7. The van der Waals surface area contributed by atoms with Crippen molar-refractivity contribution >= 4 is 50.5 Å². The second-order valence-corrected chi connectivity index (χ2v) is 10.4. The molecule has 2 atom stereocenters. The van der Waals surface area contributed by atoms with Crippen LogP contribution in [0, 0.1) is 0 Å². The fraction of sp³-hybridized carbons (Fsp3) is 0.345. The number of rotatable bonds is 11. The number of aliphatic hydroxyl groups is 2. The van der Waals surface area contributed by atoms with E-state index in [0.29, 0.717) is 6.61 Å². The lowest BCUT2D eigenvalue weighted by Crippen LogP contribution is -2.46. The van der Waals surface area contributed by atoms with Gasteiger partial charge in [0.15, 0.2) is 0 Å². The standard InChI is InChI=1S/C25H27N3O2S.C4H6O6/c29-25-9-7-19-6-8-20(18-22(19)26-25)30-16-2-1-11-27-12-14-28(15-13-27)23-4-3-5-24-21(23)10-17-31-24;5-1-10-4(9)2(6)3(7)8/h3-10,17-18H,1-2,11-16H2,(H,26,29);1-2,4,6,9H,(H,7,8)/t;2-,4-/m.0/s1. The van der Waals surface area contributed by atoms with Crippen molar-refractivity contribution in [3.05, 3.63) is 70.3 Å². The second kappa shape index (κ2) is 14.6. The number of carboxylic acid groups (broad SMARTS) is 1. The molecular formula is C29H33N3O8S. The highest BCUT2D eigenvalue weighted by molar-refractivity contribution is 7.17. The molecule has 1 saturated heterocycles. The Morgan fingerprint density at radius 3 is 2.59 bits per heavy atom. The van der Waals surface area contributed by atoms with E-state index in [0.717, 1.165) is 62.2 Å². The van der Waals surface area contributed by atoms with Gasteiger partial charge < -0.3 is 34.7 Å². The van der Waals surface area contributed by atoms with Crippen molar-refractivity contribution in [1.29, 1.82) is 0 Å². The molecule has 0 unspecified atom stereocenters. The highest BCUT2D eigenvalue weighted by atomic mass is 32.1. The molecule has 5 rings (SSSR count). The lowest BCUT2D eigenvalue weighted by molar-refractivity contribution is -0.185. The van der Waals surface area contributed by atoms with Crippen molar-refractivity contribution in [2.24, 2.45) is 0 Å². The van der Waals surface area contributed by atoms with E-state index >= 15 is 0 Å². The van der Waals surface area contributed by atoms with Crippen LogP contribution in [0.3, 0.4) is 0 Å². The first-order chi connectivity index (χ1) is 19.9. The number of thiophene rings is 1. The summed E-state index contributed by atoms with van der Waals surface area (Å²) in [5, 5.41) is 29.4. The Morgan fingerprint density at radius 2 is 1.83 bits per heavy atom. The molecule has 0 amide bonds. The minimum absolute atomic E-state index is 0.0863. The molecular weight excluding hydrogens is 550 g/mol. The number of unbranched alkanes of at least 4 members (excludes halogenated alkanes) is 1. The molecule has 218 valence electrons. The van der Waals surface area contributed by atoms with Crippen molar-refractivity contribution in [1.82, 2.24) is 9.88 Å². The molecule has 1 aliphatic heterocycles. The zero-order valence-corrected chi connectivity index (χ0v) is 23.2. The highest BCUT2D eigenvalue weighted by Crippen LogP contribution is 2.31. The number of hydrogen-bond acceptors (Lipinski definition) is 10. The summed E-state index contributed by atoms with van der Waals surface area (Å²) in [7, 11) is 0. The summed E-state index contributed by atoms with van der Waals surface area (Å²) >= 11 is 1.82. The molecule has 12 heteroatoms. The molecule has 0 radical (unpaired) electrons.